The predicted octanol–water partition coefficient (Wildman–Crippen LogP) is 2.64. The third-order valence-electron chi connectivity index (χ3n) is 6.34. The van der Waals surface area contributed by atoms with Gasteiger partial charge in [0, 0.05) is 0 Å². The fourth-order valence-electron chi connectivity index (χ4n) is 4.87. The maximum absolute atomic E-state index is 13.5. The van der Waals surface area contributed by atoms with E-state index in [4.69, 9.17) is 19.6 Å². The van der Waals surface area contributed by atoms with Crippen molar-refractivity contribution in [2.24, 2.45) is 11.7 Å². The van der Waals surface area contributed by atoms with Gasteiger partial charge in [-0.15, -0.1) is 0 Å². The zero-order valence-corrected chi connectivity index (χ0v) is 17.5. The molecule has 8 nitrogen and oxygen atoms in total. The fraction of sp³-hybridized carbons (Fsp3) is 0.375. The number of Topliss-reactive ketones (excluding diaryl/α,β-unsaturated/α-hetero) is 1. The van der Waals surface area contributed by atoms with Crippen LogP contribution in [-0.2, 0) is 25.7 Å². The van der Waals surface area contributed by atoms with Crippen molar-refractivity contribution in [3.05, 3.63) is 65.3 Å². The summed E-state index contributed by atoms with van der Waals surface area (Å²) >= 11 is 0. The van der Waals surface area contributed by atoms with E-state index in [1.54, 1.807) is 47.6 Å². The minimum absolute atomic E-state index is 0.00491. The molecule has 1 fully saturated rings. The Morgan fingerprint density at radius 1 is 1.12 bits per heavy atom. The second-order valence-corrected chi connectivity index (χ2v) is 8.39. The highest BCUT2D eigenvalue weighted by molar-refractivity contribution is 6.11. The first-order valence-electron chi connectivity index (χ1n) is 10.8. The van der Waals surface area contributed by atoms with Crippen molar-refractivity contribution < 1.29 is 28.3 Å². The number of hydrogen-bond acceptors (Lipinski definition) is 6. The van der Waals surface area contributed by atoms with Crippen LogP contribution >= 0.6 is 0 Å². The third kappa shape index (κ3) is 3.55. The minimum atomic E-state index is -0.580. The van der Waals surface area contributed by atoms with Gasteiger partial charge >= 0.3 is 0 Å². The van der Waals surface area contributed by atoms with E-state index in [0.29, 0.717) is 17.1 Å². The number of carbonyl (C=O) groups excluding carboxylic acids is 3. The fourth-order valence-corrected chi connectivity index (χ4v) is 4.87. The molecule has 0 radical (unpaired) electrons. The first-order valence-corrected chi connectivity index (χ1v) is 10.8. The average Bonchev–Trinajstić information content (AvgIpc) is 3.40. The van der Waals surface area contributed by atoms with Gasteiger partial charge in [0.2, 0.25) is 0 Å². The van der Waals surface area contributed by atoms with E-state index in [-0.39, 0.29) is 42.6 Å². The predicted molar refractivity (Wildman–Crippen MR) is 112 cm³/mol. The average molecular weight is 436 g/mol. The lowest BCUT2D eigenvalue weighted by Crippen LogP contribution is -2.39. The molecule has 1 aromatic heterocycles. The lowest BCUT2D eigenvalue weighted by Gasteiger charge is -2.35. The summed E-state index contributed by atoms with van der Waals surface area (Å²) < 4.78 is 17.0. The SMILES string of the molecule is NC(=O)COc1ccc(C2C3=C(OC4CCCCC4C3=O)C(=O)N2Cc2ccco2)cc1. The van der Waals surface area contributed by atoms with Crippen LogP contribution in [0.25, 0.3) is 0 Å². The Hall–Kier alpha value is -3.55. The van der Waals surface area contributed by atoms with Crippen LogP contribution in [0.4, 0.5) is 0 Å². The lowest BCUT2D eigenvalue weighted by atomic mass is 9.77. The summed E-state index contributed by atoms with van der Waals surface area (Å²) in [5, 5.41) is 0. The standard InChI is InChI=1S/C24H24N2O6/c25-19(27)13-31-15-9-7-14(8-10-15)21-20-22(28)17-5-1-2-6-18(17)32-23(20)24(29)26(21)12-16-4-3-11-30-16/h3-4,7-11,17-18,21H,1-2,5-6,12-13H2,(H2,25,27). The smallest absolute Gasteiger partial charge is 0.290 e. The van der Waals surface area contributed by atoms with E-state index in [1.165, 1.54) is 0 Å². The van der Waals surface area contributed by atoms with E-state index in [1.807, 2.05) is 0 Å². The number of hydrogen-bond donors (Lipinski definition) is 1. The van der Waals surface area contributed by atoms with Gasteiger partial charge in [0.15, 0.2) is 18.1 Å². The Labute approximate surface area is 184 Å². The van der Waals surface area contributed by atoms with Gasteiger partial charge in [-0.3, -0.25) is 14.4 Å². The molecule has 3 atom stereocenters. The zero-order valence-electron chi connectivity index (χ0n) is 17.5. The van der Waals surface area contributed by atoms with Crippen molar-refractivity contribution in [3.8, 4) is 5.75 Å². The quantitative estimate of drug-likeness (QED) is 0.745. The number of carbonyl (C=O) groups is 3. The zero-order chi connectivity index (χ0) is 22.2. The highest BCUT2D eigenvalue weighted by atomic mass is 16.5. The summed E-state index contributed by atoms with van der Waals surface area (Å²) in [5.41, 5.74) is 6.32. The van der Waals surface area contributed by atoms with Crippen LogP contribution in [0.15, 0.2) is 58.4 Å². The molecule has 3 heterocycles. The molecule has 166 valence electrons. The van der Waals surface area contributed by atoms with Crippen molar-refractivity contribution in [3.63, 3.8) is 0 Å². The number of furan rings is 1. The van der Waals surface area contributed by atoms with E-state index >= 15 is 0 Å². The number of rotatable bonds is 6. The van der Waals surface area contributed by atoms with Crippen LogP contribution in [0.1, 0.15) is 43.0 Å². The van der Waals surface area contributed by atoms with E-state index < -0.39 is 11.9 Å². The van der Waals surface area contributed by atoms with Crippen molar-refractivity contribution >= 4 is 17.6 Å². The number of nitrogens with zero attached hydrogens (tertiary/aromatic N) is 1. The largest absolute Gasteiger partial charge is 0.484 e. The number of ether oxygens (including phenoxy) is 2. The first-order chi connectivity index (χ1) is 15.5. The monoisotopic (exact) mass is 436 g/mol. The molecular formula is C24H24N2O6. The molecule has 1 aromatic carbocycles. The normalized spacial score (nSPS) is 24.8. The molecule has 0 saturated heterocycles. The molecule has 3 aliphatic rings. The first kappa shape index (κ1) is 20.4. The molecule has 0 bridgehead atoms. The molecule has 0 spiro atoms. The molecule has 2 aromatic rings. The van der Waals surface area contributed by atoms with Gasteiger partial charge in [-0.05, 0) is 49.1 Å². The maximum atomic E-state index is 13.5. The number of nitrogens with two attached hydrogens (primary N) is 1. The van der Waals surface area contributed by atoms with Gasteiger partial charge < -0.3 is 24.5 Å². The Bertz CT molecular complexity index is 1070. The topological polar surface area (TPSA) is 112 Å². The number of ketones is 1. The Morgan fingerprint density at radius 2 is 1.91 bits per heavy atom. The van der Waals surface area contributed by atoms with Gasteiger partial charge in [-0.1, -0.05) is 18.6 Å². The summed E-state index contributed by atoms with van der Waals surface area (Å²) in [7, 11) is 0. The van der Waals surface area contributed by atoms with E-state index in [9.17, 15) is 14.4 Å². The van der Waals surface area contributed by atoms with Crippen molar-refractivity contribution in [2.45, 2.75) is 44.4 Å². The molecule has 2 aliphatic heterocycles. The Balaban J connectivity index is 1.51. The van der Waals surface area contributed by atoms with E-state index in [0.717, 1.165) is 31.2 Å². The molecule has 5 rings (SSSR count). The van der Waals surface area contributed by atoms with Crippen molar-refractivity contribution in [2.75, 3.05) is 6.61 Å². The molecule has 32 heavy (non-hydrogen) atoms. The maximum Gasteiger partial charge on any atom is 0.290 e. The highest BCUT2D eigenvalue weighted by Gasteiger charge is 2.52. The number of amides is 2. The van der Waals surface area contributed by atoms with Gasteiger partial charge in [-0.2, -0.15) is 0 Å². The highest BCUT2D eigenvalue weighted by Crippen LogP contribution is 2.47. The van der Waals surface area contributed by atoms with Gasteiger partial charge in [0.05, 0.1) is 30.3 Å². The van der Waals surface area contributed by atoms with Crippen LogP contribution in [0.3, 0.4) is 0 Å². The van der Waals surface area contributed by atoms with Crippen molar-refractivity contribution in [1.82, 2.24) is 4.90 Å². The van der Waals surface area contributed by atoms with Gasteiger partial charge in [-0.25, -0.2) is 0 Å². The second kappa shape index (κ2) is 8.18. The Morgan fingerprint density at radius 3 is 2.62 bits per heavy atom. The minimum Gasteiger partial charge on any atom is -0.484 e. The number of benzene rings is 1. The number of fused-ring (bicyclic) bond motifs is 1. The van der Waals surface area contributed by atoms with Crippen LogP contribution in [-0.4, -0.2) is 35.2 Å². The summed E-state index contributed by atoms with van der Waals surface area (Å²) in [6.45, 7) is -0.00796. The van der Waals surface area contributed by atoms with Crippen LogP contribution < -0.4 is 10.5 Å². The lowest BCUT2D eigenvalue weighted by molar-refractivity contribution is -0.135. The third-order valence-corrected chi connectivity index (χ3v) is 6.34. The molecule has 2 N–H and O–H groups in total. The molecule has 1 saturated carbocycles. The molecule has 3 unspecified atom stereocenters. The summed E-state index contributed by atoms with van der Waals surface area (Å²) in [6, 6.07) is 9.96. The molecule has 8 heteroatoms. The van der Waals surface area contributed by atoms with Crippen LogP contribution in [0, 0.1) is 5.92 Å². The summed E-state index contributed by atoms with van der Waals surface area (Å²) in [6.07, 6.45) is 4.87. The molecule has 1 aliphatic carbocycles. The summed E-state index contributed by atoms with van der Waals surface area (Å²) in [4.78, 5) is 39.5. The van der Waals surface area contributed by atoms with Crippen LogP contribution in [0.5, 0.6) is 5.75 Å². The van der Waals surface area contributed by atoms with Gasteiger partial charge in [0.25, 0.3) is 11.8 Å². The summed E-state index contributed by atoms with van der Waals surface area (Å²) in [5.74, 6) is 0.194. The Kier molecular flexibility index (Phi) is 5.20. The van der Waals surface area contributed by atoms with E-state index in [2.05, 4.69) is 0 Å². The number of primary amides is 1. The second-order valence-electron chi connectivity index (χ2n) is 8.39. The van der Waals surface area contributed by atoms with Gasteiger partial charge in [0.1, 0.15) is 17.6 Å². The molecule has 2 amide bonds. The van der Waals surface area contributed by atoms with Crippen LogP contribution in [0.2, 0.25) is 0 Å². The van der Waals surface area contributed by atoms with Crippen molar-refractivity contribution in [1.29, 1.82) is 0 Å². The molecular weight excluding hydrogens is 412 g/mol.